The van der Waals surface area contributed by atoms with Gasteiger partial charge in [-0.25, -0.2) is 4.79 Å². The number of amides is 3. The van der Waals surface area contributed by atoms with Crippen molar-refractivity contribution < 1.29 is 42.2 Å². The van der Waals surface area contributed by atoms with Gasteiger partial charge in [0.25, 0.3) is 0 Å². The van der Waals surface area contributed by atoms with E-state index >= 15 is 0 Å². The van der Waals surface area contributed by atoms with Crippen LogP contribution in [-0.4, -0.2) is 72.2 Å². The Morgan fingerprint density at radius 2 is 1.76 bits per heavy atom. The van der Waals surface area contributed by atoms with Gasteiger partial charge >= 0.3 is 18.1 Å². The second-order valence-corrected chi connectivity index (χ2v) is 10.9. The number of ether oxygens (including phenoxy) is 1. The number of piperidine rings is 1. The minimum absolute atomic E-state index is 0.268. The molecule has 2 aromatic rings. The number of rotatable bonds is 10. The first-order valence-electron chi connectivity index (χ1n) is 12.5. The predicted octanol–water partition coefficient (Wildman–Crippen LogP) is 4.80. The summed E-state index contributed by atoms with van der Waals surface area (Å²) >= 11 is 14.4. The van der Waals surface area contributed by atoms with E-state index in [2.05, 4.69) is 5.32 Å². The molecule has 3 N–H and O–H groups in total. The zero-order valence-electron chi connectivity index (χ0n) is 22.0. The first-order chi connectivity index (χ1) is 19.8. The topological polar surface area (TPSA) is 125 Å². The fourth-order valence-corrected chi connectivity index (χ4v) is 5.53. The lowest BCUT2D eigenvalue weighted by Crippen LogP contribution is -2.51. The van der Waals surface area contributed by atoms with Gasteiger partial charge in [-0.15, -0.1) is 0 Å². The van der Waals surface area contributed by atoms with Gasteiger partial charge in [0, 0.05) is 30.1 Å². The molecule has 0 saturated carbocycles. The van der Waals surface area contributed by atoms with Gasteiger partial charge in [0.2, 0.25) is 11.8 Å². The van der Waals surface area contributed by atoms with E-state index in [0.717, 1.165) is 4.90 Å². The molecule has 9 nitrogen and oxygen atoms in total. The second-order valence-electron chi connectivity index (χ2n) is 9.10. The Kier molecular flexibility index (Phi) is 11.5. The zero-order valence-corrected chi connectivity index (χ0v) is 24.4. The van der Waals surface area contributed by atoms with Crippen molar-refractivity contribution in [2.24, 2.45) is 0 Å². The smallest absolute Gasteiger partial charge is 0.471 e. The Morgan fingerprint density at radius 3 is 2.38 bits per heavy atom. The zero-order chi connectivity index (χ0) is 31.0. The van der Waals surface area contributed by atoms with Crippen LogP contribution in [0.3, 0.4) is 0 Å². The SMILES string of the molecule is COc1ccccc1Sc1ccc(/C=C/C(=O)N2CCC(NC(=O)C[C@H](NC(=O)C(F)(F)F)C(=O)O)CC2)c(Cl)c1Cl. The fourth-order valence-electron chi connectivity index (χ4n) is 4.00. The van der Waals surface area contributed by atoms with Crippen molar-refractivity contribution >= 4 is 64.7 Å². The summed E-state index contributed by atoms with van der Waals surface area (Å²) in [6.45, 7) is 0.536. The number of likely N-dealkylation sites (tertiary alicyclic amines) is 1. The molecular formula is C27H26Cl2F3N3O6S. The Hall–Kier alpha value is -3.42. The summed E-state index contributed by atoms with van der Waals surface area (Å²) in [7, 11) is 1.57. The number of hydrogen-bond donors (Lipinski definition) is 3. The molecule has 42 heavy (non-hydrogen) atoms. The lowest BCUT2D eigenvalue weighted by molar-refractivity contribution is -0.175. The van der Waals surface area contributed by atoms with Crippen LogP contribution < -0.4 is 15.4 Å². The number of carbonyl (C=O) groups excluding carboxylic acids is 3. The number of alkyl halides is 3. The number of nitrogens with zero attached hydrogens (tertiary/aromatic N) is 1. The van der Waals surface area contributed by atoms with Gasteiger partial charge in [0.1, 0.15) is 11.8 Å². The molecule has 1 aliphatic heterocycles. The van der Waals surface area contributed by atoms with E-state index in [1.807, 2.05) is 24.3 Å². The molecule has 2 aromatic carbocycles. The fraction of sp³-hybridized carbons (Fsp3) is 0.333. The summed E-state index contributed by atoms with van der Waals surface area (Å²) in [6.07, 6.45) is -2.60. The highest BCUT2D eigenvalue weighted by atomic mass is 35.5. The summed E-state index contributed by atoms with van der Waals surface area (Å²) in [5.74, 6) is -4.69. The molecule has 226 valence electrons. The highest BCUT2D eigenvalue weighted by Crippen LogP contribution is 2.42. The van der Waals surface area contributed by atoms with Crippen molar-refractivity contribution in [3.8, 4) is 5.75 Å². The van der Waals surface area contributed by atoms with Gasteiger partial charge in [-0.1, -0.05) is 53.2 Å². The van der Waals surface area contributed by atoms with Gasteiger partial charge in [0.15, 0.2) is 0 Å². The highest BCUT2D eigenvalue weighted by Gasteiger charge is 2.41. The minimum atomic E-state index is -5.28. The van der Waals surface area contributed by atoms with Crippen molar-refractivity contribution in [1.82, 2.24) is 15.5 Å². The number of para-hydroxylation sites is 1. The number of nitrogens with one attached hydrogen (secondary N) is 2. The van der Waals surface area contributed by atoms with Crippen LogP contribution in [0.2, 0.25) is 10.0 Å². The van der Waals surface area contributed by atoms with Crippen LogP contribution >= 0.6 is 35.0 Å². The predicted molar refractivity (Wildman–Crippen MR) is 151 cm³/mol. The average molecular weight is 648 g/mol. The van der Waals surface area contributed by atoms with Crippen LogP contribution in [0.1, 0.15) is 24.8 Å². The monoisotopic (exact) mass is 647 g/mol. The van der Waals surface area contributed by atoms with E-state index in [-0.39, 0.29) is 24.0 Å². The van der Waals surface area contributed by atoms with Gasteiger partial charge in [-0.05, 0) is 42.7 Å². The number of halogens is 5. The van der Waals surface area contributed by atoms with Gasteiger partial charge in [0.05, 0.1) is 28.5 Å². The number of carboxylic acid groups (broad SMARTS) is 1. The molecular weight excluding hydrogens is 622 g/mol. The summed E-state index contributed by atoms with van der Waals surface area (Å²) in [5.41, 5.74) is 0.534. The molecule has 3 amide bonds. The normalized spacial score (nSPS) is 14.9. The van der Waals surface area contributed by atoms with Crippen LogP contribution in [0, 0.1) is 0 Å². The number of methoxy groups -OCH3 is 1. The van der Waals surface area contributed by atoms with Crippen LogP contribution in [0.5, 0.6) is 5.75 Å². The molecule has 1 atom stereocenters. The van der Waals surface area contributed by atoms with Crippen LogP contribution in [0.25, 0.3) is 6.08 Å². The van der Waals surface area contributed by atoms with Crippen molar-refractivity contribution in [2.75, 3.05) is 20.2 Å². The standard InChI is InChI=1S/C27H26Cl2F3N3O6S/c1-41-18-4-2-3-5-19(18)42-20-8-6-15(23(28)24(20)29)7-9-22(37)35-12-10-16(11-13-35)33-21(36)14-17(25(38)39)34-26(40)27(30,31)32/h2-9,16-17H,10-14H2,1H3,(H,33,36)(H,34,40)(H,38,39)/b9-7+/t17-/m0/s1. The van der Waals surface area contributed by atoms with Crippen molar-refractivity contribution in [1.29, 1.82) is 0 Å². The molecule has 3 rings (SSSR count). The van der Waals surface area contributed by atoms with Gasteiger partial charge in [-0.2, -0.15) is 13.2 Å². The summed E-state index contributed by atoms with van der Waals surface area (Å²) in [5, 5.41) is 13.5. The third-order valence-electron chi connectivity index (χ3n) is 6.19. The third-order valence-corrected chi connectivity index (χ3v) is 8.32. The van der Waals surface area contributed by atoms with E-state index in [1.165, 1.54) is 23.2 Å². The first kappa shape index (κ1) is 33.1. The maximum absolute atomic E-state index is 12.7. The molecule has 15 heteroatoms. The lowest BCUT2D eigenvalue weighted by Gasteiger charge is -2.32. The Bertz CT molecular complexity index is 1370. The molecule has 1 fully saturated rings. The molecule has 0 bridgehead atoms. The Morgan fingerprint density at radius 1 is 1.10 bits per heavy atom. The number of carboxylic acids is 1. The molecule has 0 radical (unpaired) electrons. The van der Waals surface area contributed by atoms with E-state index in [0.29, 0.717) is 34.1 Å². The second kappa shape index (κ2) is 14.7. The number of hydrogen-bond acceptors (Lipinski definition) is 6. The van der Waals surface area contributed by atoms with E-state index in [4.69, 9.17) is 33.0 Å². The van der Waals surface area contributed by atoms with Crippen LogP contribution in [0.15, 0.2) is 52.3 Å². The number of aliphatic carboxylic acids is 1. The third kappa shape index (κ3) is 9.04. The maximum Gasteiger partial charge on any atom is 0.471 e. The molecule has 0 aliphatic carbocycles. The number of carbonyl (C=O) groups is 4. The van der Waals surface area contributed by atoms with E-state index in [1.54, 1.807) is 30.2 Å². The Labute approximate surface area is 253 Å². The molecule has 1 saturated heterocycles. The lowest BCUT2D eigenvalue weighted by atomic mass is 10.0. The molecule has 0 unspecified atom stereocenters. The van der Waals surface area contributed by atoms with E-state index in [9.17, 15) is 32.3 Å². The Balaban J connectivity index is 1.52. The van der Waals surface area contributed by atoms with Gasteiger partial charge in [-0.3, -0.25) is 14.4 Å². The quantitative estimate of drug-likeness (QED) is 0.317. The summed E-state index contributed by atoms with van der Waals surface area (Å²) in [6, 6.07) is 8.49. The van der Waals surface area contributed by atoms with Crippen molar-refractivity contribution in [3.05, 3.63) is 58.1 Å². The van der Waals surface area contributed by atoms with Crippen molar-refractivity contribution in [2.45, 2.75) is 47.3 Å². The summed E-state index contributed by atoms with van der Waals surface area (Å²) < 4.78 is 42.6. The molecule has 0 aromatic heterocycles. The molecule has 1 aliphatic rings. The first-order valence-corrected chi connectivity index (χ1v) is 14.0. The molecule has 0 spiro atoms. The maximum atomic E-state index is 12.7. The largest absolute Gasteiger partial charge is 0.496 e. The van der Waals surface area contributed by atoms with E-state index < -0.39 is 42.5 Å². The molecule has 1 heterocycles. The van der Waals surface area contributed by atoms with Gasteiger partial charge < -0.3 is 25.4 Å². The highest BCUT2D eigenvalue weighted by molar-refractivity contribution is 7.99. The van der Waals surface area contributed by atoms with Crippen LogP contribution in [-0.2, 0) is 19.2 Å². The van der Waals surface area contributed by atoms with Crippen LogP contribution in [0.4, 0.5) is 13.2 Å². The average Bonchev–Trinajstić information content (AvgIpc) is 2.94. The minimum Gasteiger partial charge on any atom is -0.496 e. The summed E-state index contributed by atoms with van der Waals surface area (Å²) in [4.78, 5) is 50.3. The van der Waals surface area contributed by atoms with Crippen molar-refractivity contribution in [3.63, 3.8) is 0 Å². The number of benzene rings is 2.